The minimum atomic E-state index is -0.534. The van der Waals surface area contributed by atoms with E-state index in [2.05, 4.69) is 5.16 Å². The molecule has 0 amide bonds. The molecule has 1 aromatic carbocycles. The molecule has 0 N–H and O–H groups in total. The summed E-state index contributed by atoms with van der Waals surface area (Å²) in [5.74, 6) is 1.17. The van der Waals surface area contributed by atoms with Crippen LogP contribution in [0, 0.1) is 0 Å². The standard InChI is InChI=1S/C18H15NO5/c1-11-7-13-8-12(4-5-15(13)23-11)17-9-14(19-24-17)10-22-18(20)16-3-2-6-21-16/h2-6,8-9,11H,7,10H2,1H3/t11-/m1/s1. The number of hydrogen-bond donors (Lipinski definition) is 0. The van der Waals surface area contributed by atoms with Gasteiger partial charge >= 0.3 is 5.97 Å². The molecule has 3 heterocycles. The summed E-state index contributed by atoms with van der Waals surface area (Å²) in [6.45, 7) is 2.06. The van der Waals surface area contributed by atoms with Crippen molar-refractivity contribution in [3.63, 3.8) is 0 Å². The van der Waals surface area contributed by atoms with Crippen LogP contribution in [-0.2, 0) is 17.8 Å². The Hall–Kier alpha value is -3.02. The van der Waals surface area contributed by atoms with Crippen molar-refractivity contribution in [1.82, 2.24) is 5.16 Å². The molecule has 0 aliphatic carbocycles. The Morgan fingerprint density at radius 2 is 2.25 bits per heavy atom. The largest absolute Gasteiger partial charge is 0.490 e. The highest BCUT2D eigenvalue weighted by atomic mass is 16.5. The van der Waals surface area contributed by atoms with E-state index in [4.69, 9.17) is 18.4 Å². The maximum atomic E-state index is 11.7. The van der Waals surface area contributed by atoms with Crippen LogP contribution in [0.25, 0.3) is 11.3 Å². The first-order chi connectivity index (χ1) is 11.7. The van der Waals surface area contributed by atoms with E-state index in [0.717, 1.165) is 23.3 Å². The van der Waals surface area contributed by atoms with Gasteiger partial charge in [-0.25, -0.2) is 4.79 Å². The Kier molecular flexibility index (Phi) is 3.57. The average Bonchev–Trinajstić information content (AvgIpc) is 3.31. The molecule has 1 atom stereocenters. The van der Waals surface area contributed by atoms with E-state index in [-0.39, 0.29) is 18.5 Å². The van der Waals surface area contributed by atoms with Crippen LogP contribution in [0.5, 0.6) is 5.75 Å². The summed E-state index contributed by atoms with van der Waals surface area (Å²) in [6, 6.07) is 10.8. The van der Waals surface area contributed by atoms with E-state index in [0.29, 0.717) is 11.5 Å². The lowest BCUT2D eigenvalue weighted by molar-refractivity contribution is 0.0428. The first kappa shape index (κ1) is 14.6. The van der Waals surface area contributed by atoms with Gasteiger partial charge in [-0.15, -0.1) is 0 Å². The van der Waals surface area contributed by atoms with E-state index >= 15 is 0 Å². The summed E-state index contributed by atoms with van der Waals surface area (Å²) in [5.41, 5.74) is 2.61. The van der Waals surface area contributed by atoms with E-state index < -0.39 is 5.97 Å². The van der Waals surface area contributed by atoms with Crippen molar-refractivity contribution < 1.29 is 23.2 Å². The van der Waals surface area contributed by atoms with Crippen molar-refractivity contribution in [1.29, 1.82) is 0 Å². The molecule has 0 spiro atoms. The van der Waals surface area contributed by atoms with E-state index in [1.165, 1.54) is 6.26 Å². The molecular formula is C18H15NO5. The molecule has 4 rings (SSSR count). The van der Waals surface area contributed by atoms with Gasteiger partial charge in [0, 0.05) is 18.1 Å². The van der Waals surface area contributed by atoms with Gasteiger partial charge < -0.3 is 18.4 Å². The molecule has 6 nitrogen and oxygen atoms in total. The lowest BCUT2D eigenvalue weighted by Gasteiger charge is -2.02. The maximum Gasteiger partial charge on any atom is 0.374 e. The predicted octanol–water partition coefficient (Wildman–Crippen LogP) is 3.62. The van der Waals surface area contributed by atoms with Crippen LogP contribution in [0.2, 0.25) is 0 Å². The molecule has 0 saturated heterocycles. The second-order valence-corrected chi connectivity index (χ2v) is 5.69. The minimum Gasteiger partial charge on any atom is -0.490 e. The highest BCUT2D eigenvalue weighted by molar-refractivity contribution is 5.86. The number of hydrogen-bond acceptors (Lipinski definition) is 6. The molecule has 0 radical (unpaired) electrons. The van der Waals surface area contributed by atoms with Crippen molar-refractivity contribution in [3.05, 3.63) is 59.7 Å². The van der Waals surface area contributed by atoms with Crippen molar-refractivity contribution >= 4 is 5.97 Å². The molecule has 0 bridgehead atoms. The molecule has 0 fully saturated rings. The average molecular weight is 325 g/mol. The second-order valence-electron chi connectivity index (χ2n) is 5.69. The van der Waals surface area contributed by atoms with E-state index in [9.17, 15) is 4.79 Å². The molecular weight excluding hydrogens is 310 g/mol. The molecule has 0 unspecified atom stereocenters. The summed E-state index contributed by atoms with van der Waals surface area (Å²) >= 11 is 0. The molecule has 122 valence electrons. The fourth-order valence-corrected chi connectivity index (χ4v) is 2.70. The van der Waals surface area contributed by atoms with Gasteiger partial charge in [0.05, 0.1) is 6.26 Å². The minimum absolute atomic E-state index is 0.0219. The summed E-state index contributed by atoms with van der Waals surface area (Å²) in [5, 5.41) is 3.94. The van der Waals surface area contributed by atoms with Crippen molar-refractivity contribution in [2.75, 3.05) is 0 Å². The number of fused-ring (bicyclic) bond motifs is 1. The Bertz CT molecular complexity index is 865. The molecule has 0 saturated carbocycles. The second kappa shape index (κ2) is 5.88. The van der Waals surface area contributed by atoms with Gasteiger partial charge in [0.25, 0.3) is 0 Å². The van der Waals surface area contributed by atoms with Crippen molar-refractivity contribution in [2.24, 2.45) is 0 Å². The molecule has 6 heteroatoms. The topological polar surface area (TPSA) is 74.7 Å². The predicted molar refractivity (Wildman–Crippen MR) is 83.6 cm³/mol. The summed E-state index contributed by atoms with van der Waals surface area (Å²) in [7, 11) is 0. The third-order valence-electron chi connectivity index (χ3n) is 3.81. The van der Waals surface area contributed by atoms with E-state index in [1.807, 2.05) is 25.1 Å². The Balaban J connectivity index is 1.45. The van der Waals surface area contributed by atoms with E-state index in [1.54, 1.807) is 18.2 Å². The number of furan rings is 1. The van der Waals surface area contributed by atoms with Crippen molar-refractivity contribution in [3.8, 4) is 17.1 Å². The van der Waals surface area contributed by atoms with Gasteiger partial charge in [0.2, 0.25) is 5.76 Å². The molecule has 2 aromatic heterocycles. The van der Waals surface area contributed by atoms with Gasteiger partial charge in [0.15, 0.2) is 5.76 Å². The zero-order valence-corrected chi connectivity index (χ0v) is 13.0. The highest BCUT2D eigenvalue weighted by Crippen LogP contribution is 2.33. The number of rotatable bonds is 4. The quantitative estimate of drug-likeness (QED) is 0.682. The molecule has 1 aliphatic heterocycles. The van der Waals surface area contributed by atoms with Crippen LogP contribution >= 0.6 is 0 Å². The van der Waals surface area contributed by atoms with Gasteiger partial charge in [-0.2, -0.15) is 0 Å². The summed E-state index contributed by atoms with van der Waals surface area (Å²) in [6.07, 6.45) is 2.50. The number of aromatic nitrogens is 1. The van der Waals surface area contributed by atoms with Crippen LogP contribution in [0.1, 0.15) is 28.7 Å². The van der Waals surface area contributed by atoms with Crippen LogP contribution in [0.4, 0.5) is 0 Å². The lowest BCUT2D eigenvalue weighted by atomic mass is 10.1. The zero-order valence-electron chi connectivity index (χ0n) is 13.0. The van der Waals surface area contributed by atoms with Gasteiger partial charge in [0.1, 0.15) is 24.2 Å². The third-order valence-corrected chi connectivity index (χ3v) is 3.81. The Morgan fingerprint density at radius 1 is 1.33 bits per heavy atom. The summed E-state index contributed by atoms with van der Waals surface area (Å²) in [4.78, 5) is 11.7. The number of benzene rings is 1. The molecule has 3 aromatic rings. The number of esters is 1. The zero-order chi connectivity index (χ0) is 16.5. The van der Waals surface area contributed by atoms with Crippen LogP contribution in [0.15, 0.2) is 51.6 Å². The maximum absolute atomic E-state index is 11.7. The molecule has 1 aliphatic rings. The smallest absolute Gasteiger partial charge is 0.374 e. The normalized spacial score (nSPS) is 15.8. The van der Waals surface area contributed by atoms with Crippen LogP contribution < -0.4 is 4.74 Å². The first-order valence-electron chi connectivity index (χ1n) is 7.65. The van der Waals surface area contributed by atoms with Gasteiger partial charge in [-0.1, -0.05) is 5.16 Å². The fraction of sp³-hybridized carbons (Fsp3) is 0.222. The summed E-state index contributed by atoms with van der Waals surface area (Å²) < 4.78 is 21.2. The lowest BCUT2D eigenvalue weighted by Crippen LogP contribution is -2.05. The Labute approximate surface area is 138 Å². The van der Waals surface area contributed by atoms with Crippen LogP contribution in [0.3, 0.4) is 0 Å². The highest BCUT2D eigenvalue weighted by Gasteiger charge is 2.20. The van der Waals surface area contributed by atoms with Gasteiger partial charge in [-0.3, -0.25) is 0 Å². The number of carbonyl (C=O) groups is 1. The number of ether oxygens (including phenoxy) is 2. The van der Waals surface area contributed by atoms with Gasteiger partial charge in [-0.05, 0) is 42.8 Å². The third kappa shape index (κ3) is 2.78. The number of nitrogens with zero attached hydrogens (tertiary/aromatic N) is 1. The van der Waals surface area contributed by atoms with Crippen molar-refractivity contribution in [2.45, 2.75) is 26.1 Å². The monoisotopic (exact) mass is 325 g/mol. The SMILES string of the molecule is C[C@@H]1Cc2cc(-c3cc(COC(=O)c4ccco4)no3)ccc2O1. The fourth-order valence-electron chi connectivity index (χ4n) is 2.70. The van der Waals surface area contributed by atoms with Crippen LogP contribution in [-0.4, -0.2) is 17.2 Å². The Morgan fingerprint density at radius 3 is 3.08 bits per heavy atom. The number of carbonyl (C=O) groups excluding carboxylic acids is 1. The molecule has 24 heavy (non-hydrogen) atoms. The first-order valence-corrected chi connectivity index (χ1v) is 7.65.